The van der Waals surface area contributed by atoms with Crippen LogP contribution in [-0.2, 0) is 9.53 Å². The first kappa shape index (κ1) is 17.4. The van der Waals surface area contributed by atoms with Gasteiger partial charge in [0.1, 0.15) is 5.82 Å². The minimum atomic E-state index is -0.416. The van der Waals surface area contributed by atoms with Crippen LogP contribution in [0.3, 0.4) is 0 Å². The van der Waals surface area contributed by atoms with Gasteiger partial charge in [-0.3, -0.25) is 9.59 Å². The number of nitrogens with one attached hydrogen (secondary N) is 1. The van der Waals surface area contributed by atoms with E-state index < -0.39 is 5.82 Å². The predicted molar refractivity (Wildman–Crippen MR) is 84.5 cm³/mol. The molecule has 1 aliphatic heterocycles. The summed E-state index contributed by atoms with van der Waals surface area (Å²) in [6.07, 6.45) is 2.06. The van der Waals surface area contributed by atoms with Crippen molar-refractivity contribution in [2.24, 2.45) is 5.92 Å². The Balaban J connectivity index is 1.79. The van der Waals surface area contributed by atoms with Gasteiger partial charge in [0.05, 0.1) is 0 Å². The maximum atomic E-state index is 13.2. The smallest absolute Gasteiger partial charge is 0.253 e. The summed E-state index contributed by atoms with van der Waals surface area (Å²) in [5.74, 6) is -0.613. The average molecular weight is 322 g/mol. The van der Waals surface area contributed by atoms with E-state index in [-0.39, 0.29) is 17.7 Å². The molecule has 6 heteroatoms. The van der Waals surface area contributed by atoms with Crippen molar-refractivity contribution in [2.75, 3.05) is 33.4 Å². The van der Waals surface area contributed by atoms with E-state index >= 15 is 0 Å². The molecule has 5 nitrogen and oxygen atoms in total. The highest BCUT2D eigenvalue weighted by atomic mass is 19.1. The molecule has 2 rings (SSSR count). The van der Waals surface area contributed by atoms with Crippen LogP contribution in [0.15, 0.2) is 24.3 Å². The van der Waals surface area contributed by atoms with Crippen molar-refractivity contribution >= 4 is 11.8 Å². The third-order valence-electron chi connectivity index (χ3n) is 4.05. The summed E-state index contributed by atoms with van der Waals surface area (Å²) < 4.78 is 18.1. The second-order valence-electron chi connectivity index (χ2n) is 5.71. The number of hydrogen-bond acceptors (Lipinski definition) is 3. The van der Waals surface area contributed by atoms with E-state index in [1.807, 2.05) is 0 Å². The lowest BCUT2D eigenvalue weighted by Gasteiger charge is -2.31. The Morgan fingerprint density at radius 2 is 2.09 bits per heavy atom. The summed E-state index contributed by atoms with van der Waals surface area (Å²) in [5.41, 5.74) is 0.354. The lowest BCUT2D eigenvalue weighted by atomic mass is 9.95. The first-order chi connectivity index (χ1) is 11.1. The van der Waals surface area contributed by atoms with Crippen LogP contribution in [0.25, 0.3) is 0 Å². The fraction of sp³-hybridized carbons (Fsp3) is 0.529. The standard InChI is InChI=1S/C17H23FN2O3/c1-23-11-3-8-19-16(21)13-6-9-20(10-7-13)17(22)14-4-2-5-15(18)12-14/h2,4-5,12-13H,3,6-11H2,1H3,(H,19,21). The molecule has 23 heavy (non-hydrogen) atoms. The quantitative estimate of drug-likeness (QED) is 0.813. The van der Waals surface area contributed by atoms with Crippen molar-refractivity contribution in [3.8, 4) is 0 Å². The maximum Gasteiger partial charge on any atom is 0.253 e. The molecule has 0 atom stereocenters. The molecule has 0 saturated carbocycles. The molecular formula is C17H23FN2O3. The van der Waals surface area contributed by atoms with E-state index in [1.54, 1.807) is 18.1 Å². The van der Waals surface area contributed by atoms with Gasteiger partial charge in [-0.15, -0.1) is 0 Å². The molecule has 1 aromatic carbocycles. The first-order valence-corrected chi connectivity index (χ1v) is 7.93. The Morgan fingerprint density at radius 3 is 2.74 bits per heavy atom. The SMILES string of the molecule is COCCCNC(=O)C1CCN(C(=O)c2cccc(F)c2)CC1. The zero-order valence-electron chi connectivity index (χ0n) is 13.4. The van der Waals surface area contributed by atoms with Crippen LogP contribution < -0.4 is 5.32 Å². The third kappa shape index (κ3) is 5.03. The zero-order chi connectivity index (χ0) is 16.7. The molecular weight excluding hydrogens is 299 g/mol. The molecule has 1 aromatic rings. The summed E-state index contributed by atoms with van der Waals surface area (Å²) in [4.78, 5) is 26.0. The van der Waals surface area contributed by atoms with Crippen molar-refractivity contribution in [3.05, 3.63) is 35.6 Å². The normalized spacial score (nSPS) is 15.5. The Morgan fingerprint density at radius 1 is 1.35 bits per heavy atom. The maximum absolute atomic E-state index is 13.2. The van der Waals surface area contributed by atoms with E-state index in [9.17, 15) is 14.0 Å². The van der Waals surface area contributed by atoms with Crippen LogP contribution in [0, 0.1) is 11.7 Å². The minimum Gasteiger partial charge on any atom is -0.385 e. The molecule has 1 aliphatic rings. The highest BCUT2D eigenvalue weighted by molar-refractivity contribution is 5.94. The van der Waals surface area contributed by atoms with Crippen molar-refractivity contribution in [1.82, 2.24) is 10.2 Å². The van der Waals surface area contributed by atoms with Crippen molar-refractivity contribution < 1.29 is 18.7 Å². The highest BCUT2D eigenvalue weighted by Crippen LogP contribution is 2.19. The second kappa shape index (κ2) is 8.62. The number of rotatable bonds is 6. The van der Waals surface area contributed by atoms with Crippen LogP contribution in [0.2, 0.25) is 0 Å². The molecule has 126 valence electrons. The number of hydrogen-bond donors (Lipinski definition) is 1. The minimum absolute atomic E-state index is 0.0407. The summed E-state index contributed by atoms with van der Waals surface area (Å²) in [6.45, 7) is 2.27. The van der Waals surface area contributed by atoms with Gasteiger partial charge in [0.25, 0.3) is 5.91 Å². The number of nitrogens with zero attached hydrogens (tertiary/aromatic N) is 1. The Bertz CT molecular complexity index is 542. The Labute approximate surface area is 135 Å². The highest BCUT2D eigenvalue weighted by Gasteiger charge is 2.27. The van der Waals surface area contributed by atoms with Crippen LogP contribution >= 0.6 is 0 Å². The van der Waals surface area contributed by atoms with E-state index in [4.69, 9.17) is 4.74 Å². The summed E-state index contributed by atoms with van der Waals surface area (Å²) >= 11 is 0. The van der Waals surface area contributed by atoms with E-state index in [1.165, 1.54) is 18.2 Å². The van der Waals surface area contributed by atoms with Gasteiger partial charge in [-0.2, -0.15) is 0 Å². The largest absolute Gasteiger partial charge is 0.385 e. The number of piperidine rings is 1. The molecule has 0 aliphatic carbocycles. The number of likely N-dealkylation sites (tertiary alicyclic amines) is 1. The predicted octanol–water partition coefficient (Wildman–Crippen LogP) is 1.83. The fourth-order valence-electron chi connectivity index (χ4n) is 2.72. The monoisotopic (exact) mass is 322 g/mol. The van der Waals surface area contributed by atoms with Crippen molar-refractivity contribution in [3.63, 3.8) is 0 Å². The van der Waals surface area contributed by atoms with Crippen LogP contribution in [0.1, 0.15) is 29.6 Å². The Kier molecular flexibility index (Phi) is 6.52. The number of amides is 2. The van der Waals surface area contributed by atoms with Crippen LogP contribution in [0.5, 0.6) is 0 Å². The fourth-order valence-corrected chi connectivity index (χ4v) is 2.72. The number of carbonyl (C=O) groups excluding carboxylic acids is 2. The van der Waals surface area contributed by atoms with Gasteiger partial charge >= 0.3 is 0 Å². The zero-order valence-corrected chi connectivity index (χ0v) is 13.4. The molecule has 0 spiro atoms. The number of ether oxygens (including phenoxy) is 1. The van der Waals surface area contributed by atoms with Gasteiger partial charge < -0.3 is 15.0 Å². The van der Waals surface area contributed by atoms with Gasteiger partial charge in [0.15, 0.2) is 0 Å². The van der Waals surface area contributed by atoms with Gasteiger partial charge in [-0.05, 0) is 37.5 Å². The Hall–Kier alpha value is -1.95. The molecule has 0 unspecified atom stereocenters. The third-order valence-corrected chi connectivity index (χ3v) is 4.05. The summed E-state index contributed by atoms with van der Waals surface area (Å²) in [7, 11) is 1.63. The van der Waals surface area contributed by atoms with E-state index in [0.29, 0.717) is 44.6 Å². The van der Waals surface area contributed by atoms with Gasteiger partial charge in [0, 0.05) is 44.8 Å². The number of benzene rings is 1. The molecule has 1 saturated heterocycles. The van der Waals surface area contributed by atoms with Crippen molar-refractivity contribution in [1.29, 1.82) is 0 Å². The number of halogens is 1. The average Bonchev–Trinajstić information content (AvgIpc) is 2.58. The van der Waals surface area contributed by atoms with Gasteiger partial charge in [-0.25, -0.2) is 4.39 Å². The summed E-state index contributed by atoms with van der Waals surface area (Å²) in [5, 5.41) is 2.90. The van der Waals surface area contributed by atoms with Crippen LogP contribution in [-0.4, -0.2) is 50.1 Å². The molecule has 0 radical (unpaired) electrons. The lowest BCUT2D eigenvalue weighted by Crippen LogP contribution is -2.43. The first-order valence-electron chi connectivity index (χ1n) is 7.93. The molecule has 1 heterocycles. The molecule has 0 bridgehead atoms. The van der Waals surface area contributed by atoms with E-state index in [0.717, 1.165) is 6.42 Å². The summed E-state index contributed by atoms with van der Waals surface area (Å²) in [6, 6.07) is 5.71. The van der Waals surface area contributed by atoms with Crippen LogP contribution in [0.4, 0.5) is 4.39 Å². The number of methoxy groups -OCH3 is 1. The van der Waals surface area contributed by atoms with Gasteiger partial charge in [-0.1, -0.05) is 6.07 Å². The number of carbonyl (C=O) groups is 2. The molecule has 1 fully saturated rings. The molecule has 1 N–H and O–H groups in total. The molecule has 0 aromatic heterocycles. The van der Waals surface area contributed by atoms with Crippen molar-refractivity contribution in [2.45, 2.75) is 19.3 Å². The topological polar surface area (TPSA) is 58.6 Å². The molecule has 2 amide bonds. The second-order valence-corrected chi connectivity index (χ2v) is 5.71. The van der Waals surface area contributed by atoms with Gasteiger partial charge in [0.2, 0.25) is 5.91 Å². The van der Waals surface area contributed by atoms with E-state index in [2.05, 4.69) is 5.32 Å². The lowest BCUT2D eigenvalue weighted by molar-refractivity contribution is -0.126.